The quantitative estimate of drug-likeness (QED) is 0.471. The largest absolute Gasteiger partial charge is 0.508 e. The first-order valence-electron chi connectivity index (χ1n) is 5.28. The van der Waals surface area contributed by atoms with Crippen LogP contribution in [0.1, 0.15) is 5.56 Å². The number of benzene rings is 2. The van der Waals surface area contributed by atoms with Crippen molar-refractivity contribution < 1.29 is 5.11 Å². The fraction of sp³-hybridized carbons (Fsp3) is 0.0769. The van der Waals surface area contributed by atoms with Gasteiger partial charge in [0.25, 0.3) is 0 Å². The molecule has 0 aromatic heterocycles. The van der Waals surface area contributed by atoms with Crippen LogP contribution in [0.5, 0.6) is 5.75 Å². The molecule has 2 aromatic carbocycles. The molecule has 0 heterocycles. The summed E-state index contributed by atoms with van der Waals surface area (Å²) in [6.45, 7) is 1.95. The molecule has 0 fully saturated rings. The van der Waals surface area contributed by atoms with E-state index in [0.29, 0.717) is 17.1 Å². The van der Waals surface area contributed by atoms with E-state index in [4.69, 9.17) is 11.5 Å². The molecular weight excluding hydrogens is 214 g/mol. The summed E-state index contributed by atoms with van der Waals surface area (Å²) in [5.41, 5.74) is 15.4. The Morgan fingerprint density at radius 3 is 2.47 bits per heavy atom. The summed E-state index contributed by atoms with van der Waals surface area (Å²) >= 11 is 0. The predicted octanol–water partition coefficient (Wildman–Crippen LogP) is 2.61. The number of nitrogens with two attached hydrogens (primary N) is 2. The van der Waals surface area contributed by atoms with Crippen LogP contribution in [0.2, 0.25) is 0 Å². The fourth-order valence-corrected chi connectivity index (χ4v) is 1.53. The van der Waals surface area contributed by atoms with Crippen LogP contribution in [-0.4, -0.2) is 5.11 Å². The van der Waals surface area contributed by atoms with Gasteiger partial charge in [-0.3, -0.25) is 0 Å². The summed E-state index contributed by atoms with van der Waals surface area (Å²) in [6, 6.07) is 10.4. The number of anilines is 4. The minimum Gasteiger partial charge on any atom is -0.508 e. The highest BCUT2D eigenvalue weighted by Crippen LogP contribution is 2.28. The minimum absolute atomic E-state index is 0.168. The van der Waals surface area contributed by atoms with Crippen LogP contribution in [0.4, 0.5) is 22.7 Å². The highest BCUT2D eigenvalue weighted by Gasteiger charge is 2.02. The Hall–Kier alpha value is -2.36. The molecule has 4 nitrogen and oxygen atoms in total. The number of phenolic OH excluding ortho intramolecular Hbond substituents is 1. The topological polar surface area (TPSA) is 84.3 Å². The van der Waals surface area contributed by atoms with Crippen LogP contribution < -0.4 is 16.8 Å². The van der Waals surface area contributed by atoms with Crippen molar-refractivity contribution >= 4 is 22.7 Å². The second kappa shape index (κ2) is 4.25. The summed E-state index contributed by atoms with van der Waals surface area (Å²) in [5, 5.41) is 12.5. The van der Waals surface area contributed by atoms with E-state index in [1.807, 2.05) is 25.1 Å². The lowest BCUT2D eigenvalue weighted by molar-refractivity contribution is 0.475. The molecule has 0 aliphatic rings. The van der Waals surface area contributed by atoms with Crippen molar-refractivity contribution in [1.82, 2.24) is 0 Å². The van der Waals surface area contributed by atoms with E-state index in [1.54, 1.807) is 18.2 Å². The first kappa shape index (κ1) is 11.1. The zero-order valence-corrected chi connectivity index (χ0v) is 9.57. The van der Waals surface area contributed by atoms with Crippen LogP contribution >= 0.6 is 0 Å². The Morgan fingerprint density at radius 1 is 1.00 bits per heavy atom. The Kier molecular flexibility index (Phi) is 2.78. The van der Waals surface area contributed by atoms with Crippen molar-refractivity contribution in [3.8, 4) is 5.75 Å². The molecule has 4 heteroatoms. The molecule has 0 saturated heterocycles. The number of nitrogens with one attached hydrogen (secondary N) is 1. The van der Waals surface area contributed by atoms with Gasteiger partial charge in [-0.15, -0.1) is 0 Å². The SMILES string of the molecule is Cc1ccc(Nc2cc(O)ccc2N)cc1N. The fourth-order valence-electron chi connectivity index (χ4n) is 1.53. The zero-order chi connectivity index (χ0) is 12.4. The van der Waals surface area contributed by atoms with Crippen molar-refractivity contribution in [1.29, 1.82) is 0 Å². The molecule has 0 saturated carbocycles. The molecular formula is C13H15N3O. The van der Waals surface area contributed by atoms with Crippen LogP contribution in [0, 0.1) is 6.92 Å². The van der Waals surface area contributed by atoms with Gasteiger partial charge in [0.1, 0.15) is 5.75 Å². The van der Waals surface area contributed by atoms with Crippen LogP contribution in [0.3, 0.4) is 0 Å². The van der Waals surface area contributed by atoms with Gasteiger partial charge in [0, 0.05) is 17.4 Å². The molecule has 2 aromatic rings. The summed E-state index contributed by atoms with van der Waals surface area (Å²) in [4.78, 5) is 0. The third-order valence-corrected chi connectivity index (χ3v) is 2.60. The van der Waals surface area contributed by atoms with Gasteiger partial charge >= 0.3 is 0 Å². The number of aromatic hydroxyl groups is 1. The van der Waals surface area contributed by atoms with Crippen molar-refractivity contribution in [2.24, 2.45) is 0 Å². The van der Waals surface area contributed by atoms with Crippen LogP contribution in [0.25, 0.3) is 0 Å². The molecule has 17 heavy (non-hydrogen) atoms. The molecule has 0 atom stereocenters. The Labute approximate surface area is 99.9 Å². The van der Waals surface area contributed by atoms with E-state index >= 15 is 0 Å². The first-order valence-corrected chi connectivity index (χ1v) is 5.28. The Morgan fingerprint density at radius 2 is 1.76 bits per heavy atom. The molecule has 0 spiro atoms. The van der Waals surface area contributed by atoms with Crippen molar-refractivity contribution in [3.05, 3.63) is 42.0 Å². The Bertz CT molecular complexity index is 552. The molecule has 6 N–H and O–H groups in total. The van der Waals surface area contributed by atoms with Gasteiger partial charge in [-0.25, -0.2) is 0 Å². The third-order valence-electron chi connectivity index (χ3n) is 2.60. The number of phenols is 1. The number of hydrogen-bond donors (Lipinski definition) is 4. The normalized spacial score (nSPS) is 10.2. The second-order valence-electron chi connectivity index (χ2n) is 3.97. The second-order valence-corrected chi connectivity index (χ2v) is 3.97. The highest BCUT2D eigenvalue weighted by molar-refractivity contribution is 5.75. The van der Waals surface area contributed by atoms with Gasteiger partial charge < -0.3 is 21.9 Å². The molecule has 0 aliphatic carbocycles. The van der Waals surface area contributed by atoms with Gasteiger partial charge in [0.05, 0.1) is 11.4 Å². The summed E-state index contributed by atoms with van der Waals surface area (Å²) < 4.78 is 0. The third kappa shape index (κ3) is 2.42. The highest BCUT2D eigenvalue weighted by atomic mass is 16.3. The van der Waals surface area contributed by atoms with E-state index in [1.165, 1.54) is 0 Å². The van der Waals surface area contributed by atoms with Gasteiger partial charge in [0.2, 0.25) is 0 Å². The lowest BCUT2D eigenvalue weighted by Gasteiger charge is -2.11. The predicted molar refractivity (Wildman–Crippen MR) is 71.4 cm³/mol. The molecule has 2 rings (SSSR count). The molecule has 0 bridgehead atoms. The average molecular weight is 229 g/mol. The smallest absolute Gasteiger partial charge is 0.117 e. The Balaban J connectivity index is 2.31. The summed E-state index contributed by atoms with van der Waals surface area (Å²) in [6.07, 6.45) is 0. The molecule has 0 aliphatic heterocycles. The van der Waals surface area contributed by atoms with Crippen LogP contribution in [0.15, 0.2) is 36.4 Å². The van der Waals surface area contributed by atoms with E-state index in [-0.39, 0.29) is 5.75 Å². The molecule has 88 valence electrons. The average Bonchev–Trinajstić information content (AvgIpc) is 2.29. The number of rotatable bonds is 2. The molecule has 0 unspecified atom stereocenters. The van der Waals surface area contributed by atoms with Gasteiger partial charge in [-0.1, -0.05) is 6.07 Å². The van der Waals surface area contributed by atoms with Crippen LogP contribution in [-0.2, 0) is 0 Å². The monoisotopic (exact) mass is 229 g/mol. The van der Waals surface area contributed by atoms with E-state index in [9.17, 15) is 5.11 Å². The van der Waals surface area contributed by atoms with Gasteiger partial charge in [0.15, 0.2) is 0 Å². The first-order chi connectivity index (χ1) is 8.06. The van der Waals surface area contributed by atoms with Crippen molar-refractivity contribution in [2.45, 2.75) is 6.92 Å². The standard InChI is InChI=1S/C13H15N3O/c1-8-2-3-9(6-12(8)15)16-13-7-10(17)4-5-11(13)14/h2-7,16-17H,14-15H2,1H3. The minimum atomic E-state index is 0.168. The number of nitrogen functional groups attached to an aromatic ring is 2. The zero-order valence-electron chi connectivity index (χ0n) is 9.57. The van der Waals surface area contributed by atoms with E-state index in [2.05, 4.69) is 5.32 Å². The van der Waals surface area contributed by atoms with Gasteiger partial charge in [-0.05, 0) is 36.8 Å². The summed E-state index contributed by atoms with van der Waals surface area (Å²) in [5.74, 6) is 0.168. The lowest BCUT2D eigenvalue weighted by Crippen LogP contribution is -1.97. The van der Waals surface area contributed by atoms with E-state index in [0.717, 1.165) is 11.3 Å². The molecule has 0 radical (unpaired) electrons. The maximum atomic E-state index is 9.39. The summed E-state index contributed by atoms with van der Waals surface area (Å²) in [7, 11) is 0. The van der Waals surface area contributed by atoms with Gasteiger partial charge in [-0.2, -0.15) is 0 Å². The van der Waals surface area contributed by atoms with E-state index < -0.39 is 0 Å². The number of aryl methyl sites for hydroxylation is 1. The number of hydrogen-bond acceptors (Lipinski definition) is 4. The lowest BCUT2D eigenvalue weighted by atomic mass is 10.1. The molecule has 0 amide bonds. The van der Waals surface area contributed by atoms with Crippen molar-refractivity contribution in [3.63, 3.8) is 0 Å². The maximum absolute atomic E-state index is 9.39. The maximum Gasteiger partial charge on any atom is 0.117 e. The van der Waals surface area contributed by atoms with Crippen molar-refractivity contribution in [2.75, 3.05) is 16.8 Å².